The molecule has 110 valence electrons. The van der Waals surface area contributed by atoms with E-state index in [9.17, 15) is 8.42 Å². The lowest BCUT2D eigenvalue weighted by Gasteiger charge is -2.08. The van der Waals surface area contributed by atoms with Crippen LogP contribution in [0, 0.1) is 18.8 Å². The molecule has 6 heteroatoms. The Kier molecular flexibility index (Phi) is 5.15. The predicted octanol–water partition coefficient (Wildman–Crippen LogP) is 1.88. The zero-order chi connectivity index (χ0) is 15.3. The summed E-state index contributed by atoms with van der Waals surface area (Å²) >= 11 is 1.54. The molecule has 0 aliphatic carbocycles. The molecule has 0 aliphatic rings. The quantitative estimate of drug-likeness (QED) is 0.845. The number of nitrogens with one attached hydrogen (secondary N) is 1. The minimum Gasteiger partial charge on any atom is -0.384 e. The van der Waals surface area contributed by atoms with E-state index in [4.69, 9.17) is 5.11 Å². The second kappa shape index (κ2) is 6.87. The molecule has 21 heavy (non-hydrogen) atoms. The summed E-state index contributed by atoms with van der Waals surface area (Å²) in [5.74, 6) is 5.13. The lowest BCUT2D eigenvalue weighted by Crippen LogP contribution is -2.24. The van der Waals surface area contributed by atoms with Crippen LogP contribution in [0.15, 0.2) is 39.9 Å². The summed E-state index contributed by atoms with van der Waals surface area (Å²) in [7, 11) is -3.64. The van der Waals surface area contributed by atoms with Crippen molar-refractivity contribution in [2.24, 2.45) is 0 Å². The van der Waals surface area contributed by atoms with Crippen LogP contribution < -0.4 is 4.72 Å². The van der Waals surface area contributed by atoms with Crippen molar-refractivity contribution in [1.29, 1.82) is 0 Å². The lowest BCUT2D eigenvalue weighted by atomic mass is 10.2. The first-order valence-electron chi connectivity index (χ1n) is 6.24. The summed E-state index contributed by atoms with van der Waals surface area (Å²) < 4.78 is 27.4. The van der Waals surface area contributed by atoms with E-state index in [1.165, 1.54) is 6.07 Å². The average Bonchev–Trinajstić information content (AvgIpc) is 2.89. The Bertz CT molecular complexity index is 782. The molecule has 1 aromatic carbocycles. The molecule has 0 atom stereocenters. The Morgan fingerprint density at radius 2 is 2.05 bits per heavy atom. The predicted molar refractivity (Wildman–Crippen MR) is 83.5 cm³/mol. The maximum Gasteiger partial charge on any atom is 0.242 e. The second-order valence-corrected chi connectivity index (χ2v) is 6.84. The third kappa shape index (κ3) is 3.93. The molecule has 0 bridgehead atoms. The fourth-order valence-electron chi connectivity index (χ4n) is 1.76. The molecule has 0 unspecified atom stereocenters. The van der Waals surface area contributed by atoms with E-state index < -0.39 is 10.0 Å². The molecular formula is C15H15NO3S2. The molecular weight excluding hydrogens is 306 g/mol. The minimum absolute atomic E-state index is 0.124. The molecule has 2 N–H and O–H groups in total. The first-order valence-corrected chi connectivity index (χ1v) is 8.67. The van der Waals surface area contributed by atoms with Gasteiger partial charge in [0, 0.05) is 12.1 Å². The molecule has 0 saturated carbocycles. The van der Waals surface area contributed by atoms with Gasteiger partial charge in [0.1, 0.15) is 6.61 Å². The Morgan fingerprint density at radius 3 is 2.71 bits per heavy atom. The molecule has 1 heterocycles. The highest BCUT2D eigenvalue weighted by Crippen LogP contribution is 2.17. The maximum atomic E-state index is 12.4. The number of aryl methyl sites for hydroxylation is 1. The smallest absolute Gasteiger partial charge is 0.242 e. The number of sulfonamides is 1. The number of hydrogen-bond donors (Lipinski definition) is 2. The van der Waals surface area contributed by atoms with Crippen LogP contribution in [0.1, 0.15) is 16.7 Å². The summed E-state index contributed by atoms with van der Waals surface area (Å²) in [5.41, 5.74) is 2.40. The van der Waals surface area contributed by atoms with Crippen molar-refractivity contribution in [3.63, 3.8) is 0 Å². The van der Waals surface area contributed by atoms with Gasteiger partial charge in [0.15, 0.2) is 0 Å². The second-order valence-electron chi connectivity index (χ2n) is 4.36. The van der Waals surface area contributed by atoms with Gasteiger partial charge in [-0.05, 0) is 40.9 Å². The van der Waals surface area contributed by atoms with Crippen LogP contribution in [0.3, 0.4) is 0 Å². The third-order valence-electron chi connectivity index (χ3n) is 2.89. The number of benzene rings is 1. The summed E-state index contributed by atoms with van der Waals surface area (Å²) in [6.07, 6.45) is 0. The lowest BCUT2D eigenvalue weighted by molar-refractivity contribution is 0.350. The van der Waals surface area contributed by atoms with Gasteiger partial charge < -0.3 is 5.11 Å². The highest BCUT2D eigenvalue weighted by molar-refractivity contribution is 7.89. The van der Waals surface area contributed by atoms with Gasteiger partial charge in [-0.3, -0.25) is 0 Å². The number of rotatable bonds is 4. The van der Waals surface area contributed by atoms with Gasteiger partial charge in [-0.1, -0.05) is 24.0 Å². The zero-order valence-electron chi connectivity index (χ0n) is 11.5. The van der Waals surface area contributed by atoms with Crippen molar-refractivity contribution in [3.05, 3.63) is 51.7 Å². The van der Waals surface area contributed by atoms with Crippen LogP contribution in [0.5, 0.6) is 0 Å². The summed E-state index contributed by atoms with van der Waals surface area (Å²) in [4.78, 5) is 0.124. The van der Waals surface area contributed by atoms with E-state index in [0.717, 1.165) is 11.1 Å². The summed E-state index contributed by atoms with van der Waals surface area (Å²) in [6, 6.07) is 6.48. The fraction of sp³-hybridized carbons (Fsp3) is 0.200. The normalized spacial score (nSPS) is 11.0. The van der Waals surface area contributed by atoms with Gasteiger partial charge in [0.2, 0.25) is 10.0 Å². The monoisotopic (exact) mass is 321 g/mol. The molecule has 0 saturated heterocycles. The molecule has 0 aliphatic heterocycles. The molecule has 0 fully saturated rings. The summed E-state index contributed by atoms with van der Waals surface area (Å²) in [6.45, 7) is 1.89. The Hall–Kier alpha value is -1.65. The highest BCUT2D eigenvalue weighted by Gasteiger charge is 2.17. The van der Waals surface area contributed by atoms with Gasteiger partial charge >= 0.3 is 0 Å². The number of aliphatic hydroxyl groups is 1. The van der Waals surface area contributed by atoms with E-state index >= 15 is 0 Å². The minimum atomic E-state index is -3.64. The maximum absolute atomic E-state index is 12.4. The van der Waals surface area contributed by atoms with E-state index in [1.807, 2.05) is 17.7 Å². The zero-order valence-corrected chi connectivity index (χ0v) is 13.1. The number of thiophene rings is 1. The molecule has 4 nitrogen and oxygen atoms in total. The molecule has 0 radical (unpaired) electrons. The van der Waals surface area contributed by atoms with Gasteiger partial charge in [0.05, 0.1) is 4.90 Å². The average molecular weight is 321 g/mol. The van der Waals surface area contributed by atoms with E-state index in [2.05, 4.69) is 16.6 Å². The summed E-state index contributed by atoms with van der Waals surface area (Å²) in [5, 5.41) is 12.6. The molecule has 1 aromatic heterocycles. The topological polar surface area (TPSA) is 66.4 Å². The van der Waals surface area contributed by atoms with Gasteiger partial charge in [0.25, 0.3) is 0 Å². The SMILES string of the molecule is Cc1cscc1CNS(=O)(=O)c1ccccc1C#CCO. The van der Waals surface area contributed by atoms with E-state index in [0.29, 0.717) is 5.56 Å². The first kappa shape index (κ1) is 15.7. The molecule has 2 rings (SSSR count). The standard InChI is InChI=1S/C15H15NO3S2/c1-12-10-20-11-14(12)9-16-21(18,19)15-7-3-2-5-13(15)6-4-8-17/h2-3,5,7,10-11,16-17H,8-9H2,1H3. The molecule has 0 spiro atoms. The number of hydrogen-bond acceptors (Lipinski definition) is 4. The van der Waals surface area contributed by atoms with Crippen LogP contribution >= 0.6 is 11.3 Å². The molecule has 2 aromatic rings. The van der Waals surface area contributed by atoms with E-state index in [-0.39, 0.29) is 18.0 Å². The van der Waals surface area contributed by atoms with Crippen molar-refractivity contribution in [1.82, 2.24) is 4.72 Å². The van der Waals surface area contributed by atoms with Crippen molar-refractivity contribution >= 4 is 21.4 Å². The van der Waals surface area contributed by atoms with Crippen LogP contribution in [-0.4, -0.2) is 20.1 Å². The first-order chi connectivity index (χ1) is 10.0. The van der Waals surface area contributed by atoms with Gasteiger partial charge in [-0.15, -0.1) is 0 Å². The Morgan fingerprint density at radius 1 is 1.29 bits per heavy atom. The van der Waals surface area contributed by atoms with Crippen molar-refractivity contribution in [3.8, 4) is 11.8 Å². The number of aliphatic hydroxyl groups excluding tert-OH is 1. The third-order valence-corrected chi connectivity index (χ3v) is 5.26. The van der Waals surface area contributed by atoms with Crippen molar-refractivity contribution in [2.45, 2.75) is 18.4 Å². The van der Waals surface area contributed by atoms with Crippen molar-refractivity contribution < 1.29 is 13.5 Å². The Labute approximate surface area is 128 Å². The largest absolute Gasteiger partial charge is 0.384 e. The van der Waals surface area contributed by atoms with Crippen LogP contribution in [0.4, 0.5) is 0 Å². The van der Waals surface area contributed by atoms with Crippen LogP contribution in [0.2, 0.25) is 0 Å². The highest BCUT2D eigenvalue weighted by atomic mass is 32.2. The van der Waals surface area contributed by atoms with Crippen LogP contribution in [-0.2, 0) is 16.6 Å². The van der Waals surface area contributed by atoms with Crippen molar-refractivity contribution in [2.75, 3.05) is 6.61 Å². The molecule has 0 amide bonds. The Balaban J connectivity index is 2.26. The fourth-order valence-corrected chi connectivity index (χ4v) is 3.78. The van der Waals surface area contributed by atoms with E-state index in [1.54, 1.807) is 29.5 Å². The van der Waals surface area contributed by atoms with Gasteiger partial charge in [-0.25, -0.2) is 13.1 Å². The van der Waals surface area contributed by atoms with Crippen LogP contribution in [0.25, 0.3) is 0 Å². The van der Waals surface area contributed by atoms with Gasteiger partial charge in [-0.2, -0.15) is 11.3 Å².